The van der Waals surface area contributed by atoms with Crippen LogP contribution in [0.3, 0.4) is 0 Å². The number of hydrogen-bond acceptors (Lipinski definition) is 5. The molecule has 3 aromatic rings. The molecule has 0 radical (unpaired) electrons. The summed E-state index contributed by atoms with van der Waals surface area (Å²) in [6, 6.07) is 10.7. The number of ether oxygens (including phenoxy) is 2. The molecule has 202 valence electrons. The Morgan fingerprint density at radius 2 is 1.82 bits per heavy atom. The molecule has 9 nitrogen and oxygen atoms in total. The fourth-order valence-electron chi connectivity index (χ4n) is 4.09. The summed E-state index contributed by atoms with van der Waals surface area (Å²) in [7, 11) is 0. The SMILES string of the molecule is CC(C)(C)OC(=O)NC(C)(C)c1ccc(-n2ccc(NC(=O)N[C@H]3CCOc4c(Cl)ccc(F)c43)n2)cc1. The molecule has 1 aromatic heterocycles. The van der Waals surface area contributed by atoms with Gasteiger partial charge in [-0.1, -0.05) is 23.7 Å². The molecule has 0 spiro atoms. The molecular formula is C27H31ClFN5O4. The van der Waals surface area contributed by atoms with Crippen LogP contribution in [0.2, 0.25) is 5.02 Å². The van der Waals surface area contributed by atoms with Crippen molar-refractivity contribution in [1.29, 1.82) is 0 Å². The fraction of sp³-hybridized carbons (Fsp3) is 0.370. The number of alkyl carbamates (subject to hydrolysis) is 1. The Labute approximate surface area is 225 Å². The van der Waals surface area contributed by atoms with Gasteiger partial charge in [0, 0.05) is 18.7 Å². The van der Waals surface area contributed by atoms with Crippen molar-refractivity contribution < 1.29 is 23.5 Å². The molecule has 0 fully saturated rings. The van der Waals surface area contributed by atoms with Crippen molar-refractivity contribution in [1.82, 2.24) is 20.4 Å². The lowest BCUT2D eigenvalue weighted by Gasteiger charge is -2.29. The zero-order chi connectivity index (χ0) is 27.7. The first kappa shape index (κ1) is 27.3. The van der Waals surface area contributed by atoms with Crippen molar-refractivity contribution in [2.75, 3.05) is 11.9 Å². The van der Waals surface area contributed by atoms with Crippen LogP contribution in [0.25, 0.3) is 5.69 Å². The quantitative estimate of drug-likeness (QED) is 0.362. The molecule has 3 amide bonds. The number of halogens is 2. The Kier molecular flexibility index (Phi) is 7.55. The third kappa shape index (κ3) is 6.36. The Hall–Kier alpha value is -3.79. The van der Waals surface area contributed by atoms with Crippen molar-refractivity contribution in [3.05, 3.63) is 70.6 Å². The van der Waals surface area contributed by atoms with Gasteiger partial charge in [-0.05, 0) is 64.4 Å². The van der Waals surface area contributed by atoms with E-state index < -0.39 is 35.1 Å². The third-order valence-electron chi connectivity index (χ3n) is 5.90. The molecule has 3 N–H and O–H groups in total. The first-order chi connectivity index (χ1) is 17.8. The minimum atomic E-state index is -0.664. The number of carbonyl (C=O) groups excluding carboxylic acids is 2. The highest BCUT2D eigenvalue weighted by Crippen LogP contribution is 2.39. The van der Waals surface area contributed by atoms with E-state index in [9.17, 15) is 14.0 Å². The fourth-order valence-corrected chi connectivity index (χ4v) is 4.31. The van der Waals surface area contributed by atoms with E-state index in [0.717, 1.165) is 11.3 Å². The second kappa shape index (κ2) is 10.5. The average Bonchev–Trinajstić information content (AvgIpc) is 3.28. The lowest BCUT2D eigenvalue weighted by molar-refractivity contribution is 0.0470. The third-order valence-corrected chi connectivity index (χ3v) is 6.20. The number of urea groups is 1. The molecule has 11 heteroatoms. The molecule has 0 bridgehead atoms. The molecule has 1 aliphatic heterocycles. The van der Waals surface area contributed by atoms with Gasteiger partial charge in [0.05, 0.1) is 34.5 Å². The first-order valence-electron chi connectivity index (χ1n) is 12.2. The average molecular weight is 544 g/mol. The van der Waals surface area contributed by atoms with Gasteiger partial charge in [-0.2, -0.15) is 0 Å². The molecule has 1 atom stereocenters. The summed E-state index contributed by atoms with van der Waals surface area (Å²) >= 11 is 6.13. The van der Waals surface area contributed by atoms with Crippen LogP contribution in [0.1, 0.15) is 58.2 Å². The molecule has 0 saturated carbocycles. The summed E-state index contributed by atoms with van der Waals surface area (Å²) in [5, 5.41) is 13.0. The molecule has 0 unspecified atom stereocenters. The largest absolute Gasteiger partial charge is 0.491 e. The lowest BCUT2D eigenvalue weighted by Crippen LogP contribution is -2.43. The summed E-state index contributed by atoms with van der Waals surface area (Å²) < 4.78 is 26.9. The predicted molar refractivity (Wildman–Crippen MR) is 142 cm³/mol. The molecule has 2 heterocycles. The Balaban J connectivity index is 1.39. The molecule has 0 aliphatic carbocycles. The second-order valence-electron chi connectivity index (χ2n) is 10.5. The first-order valence-corrected chi connectivity index (χ1v) is 12.6. The van der Waals surface area contributed by atoms with Gasteiger partial charge < -0.3 is 20.1 Å². The van der Waals surface area contributed by atoms with E-state index >= 15 is 0 Å². The normalized spacial score (nSPS) is 15.2. The molecule has 38 heavy (non-hydrogen) atoms. The highest BCUT2D eigenvalue weighted by molar-refractivity contribution is 6.32. The van der Waals surface area contributed by atoms with Crippen LogP contribution >= 0.6 is 11.6 Å². The highest BCUT2D eigenvalue weighted by atomic mass is 35.5. The van der Waals surface area contributed by atoms with Gasteiger partial charge in [-0.15, -0.1) is 5.10 Å². The van der Waals surface area contributed by atoms with E-state index in [2.05, 4.69) is 21.0 Å². The number of carbonyl (C=O) groups is 2. The second-order valence-corrected chi connectivity index (χ2v) is 10.9. The van der Waals surface area contributed by atoms with E-state index in [-0.39, 0.29) is 11.3 Å². The van der Waals surface area contributed by atoms with Crippen molar-refractivity contribution in [3.63, 3.8) is 0 Å². The smallest absolute Gasteiger partial charge is 0.408 e. The predicted octanol–water partition coefficient (Wildman–Crippen LogP) is 6.07. The summed E-state index contributed by atoms with van der Waals surface area (Å²) in [5.74, 6) is 0.0735. The summed E-state index contributed by atoms with van der Waals surface area (Å²) in [6.07, 6.45) is 1.61. The minimum absolute atomic E-state index is 0.230. The maximum Gasteiger partial charge on any atom is 0.408 e. The van der Waals surface area contributed by atoms with Crippen LogP contribution in [0.15, 0.2) is 48.7 Å². The van der Waals surface area contributed by atoms with E-state index in [1.807, 2.05) is 58.9 Å². The van der Waals surface area contributed by atoms with Crippen molar-refractivity contribution in [3.8, 4) is 11.4 Å². The molecule has 4 rings (SSSR count). The van der Waals surface area contributed by atoms with Crippen LogP contribution in [-0.2, 0) is 10.3 Å². The van der Waals surface area contributed by atoms with Gasteiger partial charge in [-0.25, -0.2) is 18.7 Å². The number of rotatable bonds is 5. The van der Waals surface area contributed by atoms with Crippen LogP contribution in [0.4, 0.5) is 19.8 Å². The van der Waals surface area contributed by atoms with Gasteiger partial charge >= 0.3 is 12.1 Å². The summed E-state index contributed by atoms with van der Waals surface area (Å²) in [5.41, 5.74) is 0.605. The standard InChI is InChI=1S/C27H31ClFN5O4/c1-26(2,3)38-25(36)32-27(4,5)16-6-8-17(9-7-16)34-14-12-21(33-34)31-24(35)30-20-13-15-37-23-18(28)10-11-19(29)22(20)23/h6-12,14,20H,13,15H2,1-5H3,(H,32,36)(H2,30,31,33,35)/t20-/m0/s1. The van der Waals surface area contributed by atoms with Gasteiger partial charge in [0.15, 0.2) is 5.82 Å². The number of aromatic nitrogens is 2. The molecular weight excluding hydrogens is 513 g/mol. The van der Waals surface area contributed by atoms with Crippen LogP contribution in [0, 0.1) is 5.82 Å². The number of benzene rings is 2. The Morgan fingerprint density at radius 3 is 2.50 bits per heavy atom. The van der Waals surface area contributed by atoms with Crippen LogP contribution < -0.4 is 20.7 Å². The van der Waals surface area contributed by atoms with Crippen molar-refractivity contribution in [2.45, 2.75) is 58.2 Å². The van der Waals surface area contributed by atoms with Crippen LogP contribution in [0.5, 0.6) is 5.75 Å². The lowest BCUT2D eigenvalue weighted by atomic mass is 9.94. The van der Waals surface area contributed by atoms with Crippen molar-refractivity contribution >= 4 is 29.5 Å². The van der Waals surface area contributed by atoms with Gasteiger partial charge in [0.25, 0.3) is 0 Å². The maximum atomic E-state index is 14.4. The van der Waals surface area contributed by atoms with Crippen LogP contribution in [-0.4, -0.2) is 34.1 Å². The Morgan fingerprint density at radius 1 is 1.11 bits per heavy atom. The van der Waals surface area contributed by atoms with E-state index in [1.54, 1.807) is 16.9 Å². The number of hydrogen-bond donors (Lipinski definition) is 3. The zero-order valence-corrected chi connectivity index (χ0v) is 22.6. The summed E-state index contributed by atoms with van der Waals surface area (Å²) in [4.78, 5) is 24.9. The van der Waals surface area contributed by atoms with Crippen molar-refractivity contribution in [2.24, 2.45) is 0 Å². The Bertz CT molecular complexity index is 1330. The minimum Gasteiger partial charge on any atom is -0.491 e. The van der Waals surface area contributed by atoms with Gasteiger partial charge in [0.1, 0.15) is 17.2 Å². The van der Waals surface area contributed by atoms with E-state index in [1.165, 1.54) is 12.1 Å². The number of nitrogens with one attached hydrogen (secondary N) is 3. The number of anilines is 1. The summed E-state index contributed by atoms with van der Waals surface area (Å²) in [6.45, 7) is 9.51. The van der Waals surface area contributed by atoms with Gasteiger partial charge in [0.2, 0.25) is 0 Å². The van der Waals surface area contributed by atoms with E-state index in [0.29, 0.717) is 23.9 Å². The monoisotopic (exact) mass is 543 g/mol. The van der Waals surface area contributed by atoms with Gasteiger partial charge in [-0.3, -0.25) is 5.32 Å². The zero-order valence-electron chi connectivity index (χ0n) is 21.9. The molecule has 2 aromatic carbocycles. The topological polar surface area (TPSA) is 107 Å². The molecule has 0 saturated heterocycles. The highest BCUT2D eigenvalue weighted by Gasteiger charge is 2.29. The number of amides is 3. The molecule has 1 aliphatic rings. The number of nitrogens with zero attached hydrogens (tertiary/aromatic N) is 2. The maximum absolute atomic E-state index is 14.4. The van der Waals surface area contributed by atoms with E-state index in [4.69, 9.17) is 21.1 Å². The number of fused-ring (bicyclic) bond motifs is 1.